The minimum atomic E-state index is -0.934. The zero-order chi connectivity index (χ0) is 18.0. The number of aryl methyl sites for hydroxylation is 1. The highest BCUT2D eigenvalue weighted by molar-refractivity contribution is 14.1. The van der Waals surface area contributed by atoms with Gasteiger partial charge < -0.3 is 9.67 Å². The molecule has 0 saturated heterocycles. The highest BCUT2D eigenvalue weighted by Gasteiger charge is 2.09. The third-order valence-electron chi connectivity index (χ3n) is 4.02. The fourth-order valence-electron chi connectivity index (χ4n) is 2.74. The lowest BCUT2D eigenvalue weighted by Gasteiger charge is -2.09. The van der Waals surface area contributed by atoms with Crippen molar-refractivity contribution in [3.8, 4) is 5.69 Å². The van der Waals surface area contributed by atoms with Crippen LogP contribution in [-0.4, -0.2) is 21.9 Å². The Morgan fingerprint density at radius 2 is 1.72 bits per heavy atom. The van der Waals surface area contributed by atoms with E-state index in [2.05, 4.69) is 76.3 Å². The number of aromatic nitrogens is 1. The van der Waals surface area contributed by atoms with Gasteiger partial charge in [-0.1, -0.05) is 0 Å². The van der Waals surface area contributed by atoms with Crippen LogP contribution in [0.1, 0.15) is 27.3 Å². The second-order valence-corrected chi connectivity index (χ2v) is 6.99. The Morgan fingerprint density at radius 3 is 2.32 bits per heavy atom. The fourth-order valence-corrected chi connectivity index (χ4v) is 3.10. The molecule has 4 nitrogen and oxygen atoms in total. The third-order valence-corrected chi connectivity index (χ3v) is 4.74. The highest BCUT2D eigenvalue weighted by Crippen LogP contribution is 2.21. The molecule has 25 heavy (non-hydrogen) atoms. The number of halogens is 1. The molecule has 0 aliphatic rings. The first-order valence-electron chi connectivity index (χ1n) is 7.78. The van der Waals surface area contributed by atoms with Crippen LogP contribution in [0.3, 0.4) is 0 Å². The van der Waals surface area contributed by atoms with Crippen molar-refractivity contribution >= 4 is 40.5 Å². The summed E-state index contributed by atoms with van der Waals surface area (Å²) in [4.78, 5) is 15.4. The molecule has 0 aliphatic heterocycles. The number of hydrogen-bond donors (Lipinski definition) is 1. The Labute approximate surface area is 160 Å². The molecule has 0 aliphatic carbocycles. The van der Waals surface area contributed by atoms with Gasteiger partial charge in [0.15, 0.2) is 0 Å². The number of aliphatic imine (C=N–C) groups is 1. The van der Waals surface area contributed by atoms with Gasteiger partial charge in [0.05, 0.1) is 11.3 Å². The Bertz CT molecular complexity index is 939. The molecular weight excluding hydrogens is 427 g/mol. The van der Waals surface area contributed by atoms with Gasteiger partial charge in [0, 0.05) is 32.4 Å². The molecule has 0 spiro atoms. The first-order valence-corrected chi connectivity index (χ1v) is 8.86. The largest absolute Gasteiger partial charge is 0.478 e. The van der Waals surface area contributed by atoms with Crippen molar-refractivity contribution < 1.29 is 9.90 Å². The van der Waals surface area contributed by atoms with Gasteiger partial charge in [-0.05, 0) is 91.0 Å². The molecule has 3 rings (SSSR count). The van der Waals surface area contributed by atoms with Crippen LogP contribution in [0.2, 0.25) is 0 Å². The zero-order valence-corrected chi connectivity index (χ0v) is 16.1. The Kier molecular flexibility index (Phi) is 5.03. The number of rotatable bonds is 4. The molecule has 0 bridgehead atoms. The SMILES string of the molecule is Cc1cc(C=Nc2ccc(C(=O)O)cc2)c(C)n1-c1ccc(I)cc1. The van der Waals surface area contributed by atoms with E-state index in [1.165, 1.54) is 3.57 Å². The standard InChI is InChI=1S/C20H17IN2O2/c1-13-11-16(12-22-18-7-3-15(4-8-18)20(24)25)14(2)23(13)19-9-5-17(21)6-10-19/h3-12H,1-2H3,(H,24,25). The molecule has 0 unspecified atom stereocenters. The van der Waals surface area contributed by atoms with E-state index in [0.717, 1.165) is 28.3 Å². The number of aromatic carboxylic acids is 1. The van der Waals surface area contributed by atoms with E-state index in [1.54, 1.807) is 24.3 Å². The Balaban J connectivity index is 1.89. The van der Waals surface area contributed by atoms with Crippen molar-refractivity contribution in [2.45, 2.75) is 13.8 Å². The minimum Gasteiger partial charge on any atom is -0.478 e. The van der Waals surface area contributed by atoms with Gasteiger partial charge in [0.25, 0.3) is 0 Å². The Morgan fingerprint density at radius 1 is 1.08 bits per heavy atom. The van der Waals surface area contributed by atoms with Gasteiger partial charge in [-0.3, -0.25) is 4.99 Å². The van der Waals surface area contributed by atoms with Crippen LogP contribution >= 0.6 is 22.6 Å². The van der Waals surface area contributed by atoms with Crippen LogP contribution in [0.4, 0.5) is 5.69 Å². The summed E-state index contributed by atoms with van der Waals surface area (Å²) in [5.74, 6) is -0.934. The van der Waals surface area contributed by atoms with Gasteiger partial charge in [-0.25, -0.2) is 4.79 Å². The number of carboxylic acid groups (broad SMARTS) is 1. The van der Waals surface area contributed by atoms with Crippen molar-refractivity contribution in [1.29, 1.82) is 0 Å². The molecule has 126 valence electrons. The molecule has 1 N–H and O–H groups in total. The molecule has 1 aromatic heterocycles. The van der Waals surface area contributed by atoms with E-state index in [1.807, 2.05) is 6.21 Å². The maximum absolute atomic E-state index is 10.9. The summed E-state index contributed by atoms with van der Waals surface area (Å²) in [6.45, 7) is 4.14. The summed E-state index contributed by atoms with van der Waals surface area (Å²) in [6, 6.07) is 17.0. The molecule has 0 radical (unpaired) electrons. The molecule has 5 heteroatoms. The zero-order valence-electron chi connectivity index (χ0n) is 13.9. The average molecular weight is 444 g/mol. The number of hydrogen-bond acceptors (Lipinski definition) is 2. The number of nitrogens with zero attached hydrogens (tertiary/aromatic N) is 2. The lowest BCUT2D eigenvalue weighted by Crippen LogP contribution is -1.99. The van der Waals surface area contributed by atoms with Crippen molar-refractivity contribution in [3.63, 3.8) is 0 Å². The van der Waals surface area contributed by atoms with E-state index in [0.29, 0.717) is 0 Å². The van der Waals surface area contributed by atoms with E-state index in [-0.39, 0.29) is 5.56 Å². The smallest absolute Gasteiger partial charge is 0.335 e. The summed E-state index contributed by atoms with van der Waals surface area (Å²) in [6.07, 6.45) is 1.82. The maximum atomic E-state index is 10.9. The lowest BCUT2D eigenvalue weighted by molar-refractivity contribution is 0.0697. The van der Waals surface area contributed by atoms with Crippen molar-refractivity contribution in [3.05, 3.63) is 80.7 Å². The first kappa shape index (κ1) is 17.4. The monoisotopic (exact) mass is 444 g/mol. The predicted octanol–water partition coefficient (Wildman–Crippen LogP) is 5.15. The van der Waals surface area contributed by atoms with Crippen molar-refractivity contribution in [2.75, 3.05) is 0 Å². The molecular formula is C20H17IN2O2. The average Bonchev–Trinajstić information content (AvgIpc) is 2.88. The van der Waals surface area contributed by atoms with Crippen LogP contribution in [0.25, 0.3) is 5.69 Å². The van der Waals surface area contributed by atoms with Gasteiger partial charge in [0.2, 0.25) is 0 Å². The molecule has 1 heterocycles. The summed E-state index contributed by atoms with van der Waals surface area (Å²) >= 11 is 2.30. The second-order valence-electron chi connectivity index (χ2n) is 5.75. The quantitative estimate of drug-likeness (QED) is 0.447. The van der Waals surface area contributed by atoms with Crippen LogP contribution in [0.15, 0.2) is 59.6 Å². The van der Waals surface area contributed by atoms with E-state index < -0.39 is 5.97 Å². The van der Waals surface area contributed by atoms with E-state index in [9.17, 15) is 4.79 Å². The normalized spacial score (nSPS) is 11.2. The highest BCUT2D eigenvalue weighted by atomic mass is 127. The molecule has 2 aromatic carbocycles. The summed E-state index contributed by atoms with van der Waals surface area (Å²) < 4.78 is 3.40. The fraction of sp³-hybridized carbons (Fsp3) is 0.100. The van der Waals surface area contributed by atoms with Crippen molar-refractivity contribution in [1.82, 2.24) is 4.57 Å². The van der Waals surface area contributed by atoms with Gasteiger partial charge in [0.1, 0.15) is 0 Å². The van der Waals surface area contributed by atoms with Gasteiger partial charge in [-0.15, -0.1) is 0 Å². The minimum absolute atomic E-state index is 0.260. The Hall–Kier alpha value is -2.41. The summed E-state index contributed by atoms with van der Waals surface area (Å²) in [7, 11) is 0. The summed E-state index contributed by atoms with van der Waals surface area (Å²) in [5.41, 5.74) is 5.41. The molecule has 3 aromatic rings. The number of benzene rings is 2. The van der Waals surface area contributed by atoms with E-state index >= 15 is 0 Å². The van der Waals surface area contributed by atoms with Gasteiger partial charge in [-0.2, -0.15) is 0 Å². The second kappa shape index (κ2) is 7.23. The molecule has 0 amide bonds. The van der Waals surface area contributed by atoms with Gasteiger partial charge >= 0.3 is 5.97 Å². The van der Waals surface area contributed by atoms with Crippen LogP contribution in [0.5, 0.6) is 0 Å². The van der Waals surface area contributed by atoms with Crippen LogP contribution < -0.4 is 0 Å². The molecule has 0 atom stereocenters. The number of carboxylic acids is 1. The summed E-state index contributed by atoms with van der Waals surface area (Å²) in [5, 5.41) is 8.94. The van der Waals surface area contributed by atoms with E-state index in [4.69, 9.17) is 5.11 Å². The van der Waals surface area contributed by atoms with Crippen LogP contribution in [0, 0.1) is 17.4 Å². The van der Waals surface area contributed by atoms with Crippen LogP contribution in [-0.2, 0) is 0 Å². The first-order chi connectivity index (χ1) is 12.0. The number of carbonyl (C=O) groups is 1. The molecule has 0 saturated carbocycles. The maximum Gasteiger partial charge on any atom is 0.335 e. The molecule has 0 fully saturated rings. The topological polar surface area (TPSA) is 54.6 Å². The third kappa shape index (κ3) is 3.82. The predicted molar refractivity (Wildman–Crippen MR) is 109 cm³/mol. The van der Waals surface area contributed by atoms with Crippen molar-refractivity contribution in [2.24, 2.45) is 4.99 Å². The lowest BCUT2D eigenvalue weighted by atomic mass is 10.2.